The fraction of sp³-hybridized carbons (Fsp3) is 0.579. The Balaban J connectivity index is 1.87. The van der Waals surface area contributed by atoms with Crippen molar-refractivity contribution in [3.63, 3.8) is 0 Å². The molecule has 2 N–H and O–H groups in total. The zero-order valence-electron chi connectivity index (χ0n) is 13.7. The standard InChI is InChI=1S/C19H22N2O2/c1-18(2)8-13(22)15-14(9-18)23-17(21)12(10-20)16(15)19-5-3-11(7-19)4-6-19/h3,5,11,16H,4,6-9,21H2,1-2H3/t11-,16+,19-/m1/s1. The number of Topliss-reactive ketones (excluding diaryl/α,β-unsaturated/α-hetero) is 1. The van der Waals surface area contributed by atoms with Crippen LogP contribution in [-0.2, 0) is 9.53 Å². The number of nitrogens with two attached hydrogens (primary N) is 1. The predicted molar refractivity (Wildman–Crippen MR) is 85.4 cm³/mol. The minimum atomic E-state index is -0.219. The second-order valence-corrected chi connectivity index (χ2v) is 8.30. The molecule has 2 bridgehead atoms. The van der Waals surface area contributed by atoms with Gasteiger partial charge in [-0.05, 0) is 30.6 Å². The molecular formula is C19H22N2O2. The minimum absolute atomic E-state index is 0.119. The van der Waals surface area contributed by atoms with Gasteiger partial charge in [0.2, 0.25) is 5.88 Å². The fourth-order valence-electron chi connectivity index (χ4n) is 5.01. The third-order valence-corrected chi connectivity index (χ3v) is 5.97. The van der Waals surface area contributed by atoms with Gasteiger partial charge in [-0.1, -0.05) is 26.0 Å². The molecule has 3 atom stereocenters. The molecular weight excluding hydrogens is 288 g/mol. The number of ketones is 1. The van der Waals surface area contributed by atoms with E-state index in [4.69, 9.17) is 10.5 Å². The van der Waals surface area contributed by atoms with Crippen LogP contribution in [0.3, 0.4) is 0 Å². The molecule has 1 aliphatic heterocycles. The van der Waals surface area contributed by atoms with Gasteiger partial charge < -0.3 is 10.5 Å². The minimum Gasteiger partial charge on any atom is -0.444 e. The maximum atomic E-state index is 12.9. The van der Waals surface area contributed by atoms with Gasteiger partial charge in [0.25, 0.3) is 0 Å². The quantitative estimate of drug-likeness (QED) is 0.754. The molecule has 1 fully saturated rings. The van der Waals surface area contributed by atoms with Crippen molar-refractivity contribution in [2.24, 2.45) is 28.4 Å². The molecule has 0 aromatic heterocycles. The van der Waals surface area contributed by atoms with Gasteiger partial charge >= 0.3 is 0 Å². The number of ether oxygens (including phenoxy) is 1. The molecule has 23 heavy (non-hydrogen) atoms. The first-order valence-corrected chi connectivity index (χ1v) is 8.38. The second kappa shape index (κ2) is 4.50. The third kappa shape index (κ3) is 1.99. The number of rotatable bonds is 1. The van der Waals surface area contributed by atoms with Crippen LogP contribution >= 0.6 is 0 Å². The molecule has 0 radical (unpaired) electrons. The summed E-state index contributed by atoms with van der Waals surface area (Å²) in [4.78, 5) is 12.9. The van der Waals surface area contributed by atoms with Crippen molar-refractivity contribution in [3.8, 4) is 6.07 Å². The van der Waals surface area contributed by atoms with E-state index in [0.717, 1.165) is 24.8 Å². The Hall–Kier alpha value is -2.02. The molecule has 0 aromatic carbocycles. The van der Waals surface area contributed by atoms with Gasteiger partial charge in [0, 0.05) is 29.7 Å². The van der Waals surface area contributed by atoms with Crippen LogP contribution in [-0.4, -0.2) is 5.78 Å². The third-order valence-electron chi connectivity index (χ3n) is 5.97. The Labute approximate surface area is 136 Å². The summed E-state index contributed by atoms with van der Waals surface area (Å²) in [6.45, 7) is 4.15. The van der Waals surface area contributed by atoms with E-state index in [1.165, 1.54) is 0 Å². The van der Waals surface area contributed by atoms with Crippen molar-refractivity contribution in [2.75, 3.05) is 0 Å². The van der Waals surface area contributed by atoms with Crippen LogP contribution in [0.1, 0.15) is 46.0 Å². The van der Waals surface area contributed by atoms with Crippen molar-refractivity contribution in [1.29, 1.82) is 5.26 Å². The summed E-state index contributed by atoms with van der Waals surface area (Å²) in [7, 11) is 0. The second-order valence-electron chi connectivity index (χ2n) is 8.30. The lowest BCUT2D eigenvalue weighted by Gasteiger charge is -2.42. The SMILES string of the molecule is CC1(C)CC(=O)C2=C(C1)OC(N)=C(C#N)[C@@H]2[C@]12C=C[C@H](CC1)C2. The maximum absolute atomic E-state index is 12.9. The lowest BCUT2D eigenvalue weighted by molar-refractivity contribution is -0.119. The highest BCUT2D eigenvalue weighted by Crippen LogP contribution is 2.60. The highest BCUT2D eigenvalue weighted by atomic mass is 16.5. The van der Waals surface area contributed by atoms with E-state index in [-0.39, 0.29) is 28.4 Å². The van der Waals surface area contributed by atoms with Crippen LogP contribution in [0.25, 0.3) is 0 Å². The van der Waals surface area contributed by atoms with Crippen LogP contribution in [0.15, 0.2) is 34.9 Å². The molecule has 4 rings (SSSR count). The number of hydrogen-bond acceptors (Lipinski definition) is 4. The molecule has 4 heteroatoms. The topological polar surface area (TPSA) is 76.1 Å². The molecule has 0 spiro atoms. The van der Waals surface area contributed by atoms with Gasteiger partial charge in [0.05, 0.1) is 5.57 Å². The van der Waals surface area contributed by atoms with Crippen molar-refractivity contribution >= 4 is 5.78 Å². The largest absolute Gasteiger partial charge is 0.444 e. The van der Waals surface area contributed by atoms with Gasteiger partial charge in [-0.3, -0.25) is 4.79 Å². The Morgan fingerprint density at radius 3 is 2.74 bits per heavy atom. The molecule has 3 aliphatic carbocycles. The van der Waals surface area contributed by atoms with Crippen molar-refractivity contribution in [1.82, 2.24) is 0 Å². The summed E-state index contributed by atoms with van der Waals surface area (Å²) in [6, 6.07) is 2.24. The Morgan fingerprint density at radius 1 is 1.39 bits per heavy atom. The first kappa shape index (κ1) is 14.6. The zero-order chi connectivity index (χ0) is 16.4. The van der Waals surface area contributed by atoms with Gasteiger partial charge in [0.15, 0.2) is 5.78 Å². The van der Waals surface area contributed by atoms with Crippen molar-refractivity contribution in [3.05, 3.63) is 34.9 Å². The highest BCUT2D eigenvalue weighted by Gasteiger charge is 2.54. The summed E-state index contributed by atoms with van der Waals surface area (Å²) in [5, 5.41) is 9.67. The molecule has 0 aromatic rings. The number of nitrogens with zero attached hydrogens (tertiary/aromatic N) is 1. The van der Waals surface area contributed by atoms with Crippen LogP contribution in [0.5, 0.6) is 0 Å². The van der Waals surface area contributed by atoms with Crippen LogP contribution in [0, 0.1) is 34.0 Å². The van der Waals surface area contributed by atoms with Crippen molar-refractivity contribution in [2.45, 2.75) is 46.0 Å². The first-order chi connectivity index (χ1) is 10.9. The number of carbonyl (C=O) groups is 1. The van der Waals surface area contributed by atoms with Crippen LogP contribution in [0.2, 0.25) is 0 Å². The summed E-state index contributed by atoms with van der Waals surface area (Å²) in [6.07, 6.45) is 8.87. The van der Waals surface area contributed by atoms with E-state index in [1.807, 2.05) is 0 Å². The summed E-state index contributed by atoms with van der Waals surface area (Å²) in [5.74, 6) is 1.38. The molecule has 0 saturated heterocycles. The molecule has 4 aliphatic rings. The Kier molecular flexibility index (Phi) is 2.85. The first-order valence-electron chi connectivity index (χ1n) is 8.38. The fourth-order valence-corrected chi connectivity index (χ4v) is 5.01. The molecule has 1 heterocycles. The Bertz CT molecular complexity index is 735. The summed E-state index contributed by atoms with van der Waals surface area (Å²) >= 11 is 0. The van der Waals surface area contributed by atoms with E-state index in [9.17, 15) is 10.1 Å². The average Bonchev–Trinajstić information content (AvgIpc) is 3.06. The lowest BCUT2D eigenvalue weighted by atomic mass is 9.62. The van der Waals surface area contributed by atoms with Gasteiger partial charge in [-0.15, -0.1) is 0 Å². The van der Waals surface area contributed by atoms with Crippen LogP contribution < -0.4 is 5.73 Å². The van der Waals surface area contributed by atoms with Gasteiger partial charge in [0.1, 0.15) is 11.8 Å². The molecule has 0 unspecified atom stereocenters. The van der Waals surface area contributed by atoms with Crippen LogP contribution in [0.4, 0.5) is 0 Å². The van der Waals surface area contributed by atoms with E-state index in [2.05, 4.69) is 32.1 Å². The maximum Gasteiger partial charge on any atom is 0.204 e. The highest BCUT2D eigenvalue weighted by molar-refractivity contribution is 5.99. The van der Waals surface area contributed by atoms with Gasteiger partial charge in [-0.25, -0.2) is 0 Å². The zero-order valence-corrected chi connectivity index (χ0v) is 13.7. The monoisotopic (exact) mass is 310 g/mol. The normalized spacial score (nSPS) is 37.7. The number of allylic oxidation sites excluding steroid dienone is 5. The van der Waals surface area contributed by atoms with E-state index < -0.39 is 0 Å². The Morgan fingerprint density at radius 2 is 2.17 bits per heavy atom. The van der Waals surface area contributed by atoms with Crippen molar-refractivity contribution < 1.29 is 9.53 Å². The summed E-state index contributed by atoms with van der Waals surface area (Å²) in [5.41, 5.74) is 7.01. The number of hydrogen-bond donors (Lipinski definition) is 1. The lowest BCUT2D eigenvalue weighted by Crippen LogP contribution is -2.40. The number of fused-ring (bicyclic) bond motifs is 2. The summed E-state index contributed by atoms with van der Waals surface area (Å²) < 4.78 is 5.76. The van der Waals surface area contributed by atoms with E-state index >= 15 is 0 Å². The molecule has 4 nitrogen and oxygen atoms in total. The van der Waals surface area contributed by atoms with Gasteiger partial charge in [-0.2, -0.15) is 5.26 Å². The molecule has 0 amide bonds. The number of carbonyl (C=O) groups excluding carboxylic acids is 1. The molecule has 120 valence electrons. The average molecular weight is 310 g/mol. The molecule has 1 saturated carbocycles. The predicted octanol–water partition coefficient (Wildman–Crippen LogP) is 3.33. The van der Waals surface area contributed by atoms with E-state index in [0.29, 0.717) is 30.1 Å². The van der Waals surface area contributed by atoms with E-state index in [1.54, 1.807) is 0 Å². The number of nitriles is 1. The smallest absolute Gasteiger partial charge is 0.204 e.